The molecule has 2 fully saturated rings. The van der Waals surface area contributed by atoms with E-state index in [-0.39, 0.29) is 5.92 Å². The van der Waals surface area contributed by atoms with Gasteiger partial charge in [-0.05, 0) is 49.6 Å². The van der Waals surface area contributed by atoms with E-state index in [1.165, 1.54) is 10.3 Å². The van der Waals surface area contributed by atoms with Crippen molar-refractivity contribution in [2.45, 2.75) is 19.8 Å². The van der Waals surface area contributed by atoms with Gasteiger partial charge < -0.3 is 14.7 Å². The zero-order valence-corrected chi connectivity index (χ0v) is 18.1. The molecule has 4 heterocycles. The fourth-order valence-corrected chi connectivity index (χ4v) is 5.54. The summed E-state index contributed by atoms with van der Waals surface area (Å²) in [4.78, 5) is 29.0. The van der Waals surface area contributed by atoms with Crippen LogP contribution in [0.15, 0.2) is 42.6 Å². The van der Waals surface area contributed by atoms with Crippen LogP contribution in [-0.2, 0) is 4.79 Å². The molecule has 0 N–H and O–H groups in total. The first-order valence-corrected chi connectivity index (χ1v) is 11.6. The van der Waals surface area contributed by atoms with Gasteiger partial charge in [0.25, 0.3) is 0 Å². The molecule has 2 aliphatic heterocycles. The van der Waals surface area contributed by atoms with Gasteiger partial charge in [0.2, 0.25) is 5.91 Å². The summed E-state index contributed by atoms with van der Waals surface area (Å²) in [5, 5.41) is 1.09. The maximum Gasteiger partial charge on any atom is 0.225 e. The molecule has 0 atom stereocenters. The van der Waals surface area contributed by atoms with Gasteiger partial charge in [0.1, 0.15) is 5.82 Å². The molecule has 0 saturated carbocycles. The molecule has 0 unspecified atom stereocenters. The third-order valence-electron chi connectivity index (χ3n) is 6.21. The average Bonchev–Trinajstić information content (AvgIpc) is 3.23. The number of nitrogens with zero attached hydrogens (tertiary/aromatic N) is 5. The van der Waals surface area contributed by atoms with E-state index < -0.39 is 0 Å². The third-order valence-corrected chi connectivity index (χ3v) is 7.29. The number of aryl methyl sites for hydroxylation is 1. The Bertz CT molecular complexity index is 1020. The monoisotopic (exact) mass is 421 g/mol. The van der Waals surface area contributed by atoms with Crippen LogP contribution >= 0.6 is 11.3 Å². The lowest BCUT2D eigenvalue weighted by Gasteiger charge is -2.39. The van der Waals surface area contributed by atoms with E-state index in [1.807, 2.05) is 24.4 Å². The van der Waals surface area contributed by atoms with Gasteiger partial charge in [0.15, 0.2) is 5.13 Å². The number of piperidine rings is 1. The molecular formula is C23H27N5OS. The number of carbonyl (C=O) groups excluding carboxylic acids is 1. The first-order chi connectivity index (χ1) is 14.7. The number of hydrogen-bond donors (Lipinski definition) is 0. The van der Waals surface area contributed by atoms with Crippen molar-refractivity contribution in [1.82, 2.24) is 14.9 Å². The van der Waals surface area contributed by atoms with Crippen molar-refractivity contribution in [2.24, 2.45) is 5.92 Å². The Morgan fingerprint density at radius 2 is 1.80 bits per heavy atom. The van der Waals surface area contributed by atoms with Gasteiger partial charge >= 0.3 is 0 Å². The van der Waals surface area contributed by atoms with E-state index in [9.17, 15) is 4.79 Å². The zero-order chi connectivity index (χ0) is 20.5. The van der Waals surface area contributed by atoms with Crippen LogP contribution in [0.1, 0.15) is 18.4 Å². The summed E-state index contributed by atoms with van der Waals surface area (Å²) < 4.78 is 1.24. The first-order valence-electron chi connectivity index (χ1n) is 10.7. The van der Waals surface area contributed by atoms with E-state index >= 15 is 0 Å². The van der Waals surface area contributed by atoms with Gasteiger partial charge in [0, 0.05) is 51.4 Å². The Hall–Kier alpha value is -2.67. The highest BCUT2D eigenvalue weighted by molar-refractivity contribution is 7.22. The van der Waals surface area contributed by atoms with E-state index in [4.69, 9.17) is 4.98 Å². The minimum absolute atomic E-state index is 0.138. The Morgan fingerprint density at radius 3 is 2.53 bits per heavy atom. The van der Waals surface area contributed by atoms with E-state index in [0.29, 0.717) is 5.91 Å². The molecule has 156 valence electrons. The van der Waals surface area contributed by atoms with Gasteiger partial charge in [-0.1, -0.05) is 23.5 Å². The molecule has 0 bridgehead atoms. The van der Waals surface area contributed by atoms with Gasteiger partial charge in [-0.25, -0.2) is 9.97 Å². The van der Waals surface area contributed by atoms with Crippen molar-refractivity contribution in [3.05, 3.63) is 48.2 Å². The third kappa shape index (κ3) is 3.86. The lowest BCUT2D eigenvalue weighted by Crippen LogP contribution is -2.51. The molecule has 1 aromatic carbocycles. The molecule has 0 aliphatic carbocycles. The average molecular weight is 422 g/mol. The number of carbonyl (C=O) groups is 1. The molecule has 0 spiro atoms. The predicted octanol–water partition coefficient (Wildman–Crippen LogP) is 3.56. The lowest BCUT2D eigenvalue weighted by atomic mass is 9.95. The van der Waals surface area contributed by atoms with Crippen molar-refractivity contribution >= 4 is 38.4 Å². The van der Waals surface area contributed by atoms with Gasteiger partial charge in [-0.2, -0.15) is 0 Å². The number of anilines is 2. The van der Waals surface area contributed by atoms with Crippen LogP contribution < -0.4 is 9.80 Å². The molecule has 1 amide bonds. The quantitative estimate of drug-likeness (QED) is 0.647. The largest absolute Gasteiger partial charge is 0.353 e. The van der Waals surface area contributed by atoms with Crippen LogP contribution in [0.25, 0.3) is 10.2 Å². The Kier molecular flexibility index (Phi) is 5.29. The molecule has 2 aliphatic rings. The summed E-state index contributed by atoms with van der Waals surface area (Å²) in [6.45, 7) is 7.21. The van der Waals surface area contributed by atoms with E-state index in [1.54, 1.807) is 11.3 Å². The SMILES string of the molecule is Cc1ccc2nc(N3CCC(C(=O)N4CCN(c5ccccn5)CC4)CC3)sc2c1. The number of benzene rings is 1. The smallest absolute Gasteiger partial charge is 0.225 e. The second-order valence-electron chi connectivity index (χ2n) is 8.23. The van der Waals surface area contributed by atoms with Crippen molar-refractivity contribution in [3.8, 4) is 0 Å². The molecule has 30 heavy (non-hydrogen) atoms. The van der Waals surface area contributed by atoms with Crippen molar-refractivity contribution in [1.29, 1.82) is 0 Å². The minimum Gasteiger partial charge on any atom is -0.353 e. The highest BCUT2D eigenvalue weighted by Gasteiger charge is 2.31. The molecule has 2 saturated heterocycles. The van der Waals surface area contributed by atoms with Gasteiger partial charge in [0.05, 0.1) is 10.2 Å². The summed E-state index contributed by atoms with van der Waals surface area (Å²) in [5.74, 6) is 1.47. The fourth-order valence-electron chi connectivity index (χ4n) is 4.43. The van der Waals surface area contributed by atoms with Crippen molar-refractivity contribution in [3.63, 3.8) is 0 Å². The fraction of sp³-hybridized carbons (Fsp3) is 0.435. The number of fused-ring (bicyclic) bond motifs is 1. The number of piperazine rings is 1. The Balaban J connectivity index is 1.16. The number of thiazole rings is 1. The van der Waals surface area contributed by atoms with E-state index in [0.717, 1.165) is 68.6 Å². The number of pyridine rings is 1. The molecule has 6 nitrogen and oxygen atoms in total. The van der Waals surface area contributed by atoms with Gasteiger partial charge in [-0.3, -0.25) is 4.79 Å². The van der Waals surface area contributed by atoms with Crippen molar-refractivity contribution < 1.29 is 4.79 Å². The summed E-state index contributed by atoms with van der Waals surface area (Å²) in [6, 6.07) is 12.4. The van der Waals surface area contributed by atoms with Crippen molar-refractivity contribution in [2.75, 3.05) is 49.1 Å². The van der Waals surface area contributed by atoms with Crippen LogP contribution in [0.3, 0.4) is 0 Å². The summed E-state index contributed by atoms with van der Waals surface area (Å²) in [7, 11) is 0. The molecular weight excluding hydrogens is 394 g/mol. The minimum atomic E-state index is 0.138. The maximum atomic E-state index is 13.1. The van der Waals surface area contributed by atoms with Crippen LogP contribution in [-0.4, -0.2) is 60.0 Å². The van der Waals surface area contributed by atoms with E-state index in [2.05, 4.69) is 44.8 Å². The standard InChI is InChI=1S/C23H27N5OS/c1-17-5-6-19-20(16-17)30-23(25-19)28-10-7-18(8-11-28)22(29)27-14-12-26(13-15-27)21-4-2-3-9-24-21/h2-6,9,16,18H,7-8,10-15H2,1H3. The van der Waals surface area contributed by atoms with Crippen LogP contribution in [0.5, 0.6) is 0 Å². The molecule has 2 aromatic heterocycles. The molecule has 5 rings (SSSR count). The summed E-state index contributed by atoms with van der Waals surface area (Å²) in [6.07, 6.45) is 3.65. The molecule has 7 heteroatoms. The predicted molar refractivity (Wildman–Crippen MR) is 122 cm³/mol. The Morgan fingerprint density at radius 1 is 1.00 bits per heavy atom. The van der Waals surface area contributed by atoms with Crippen LogP contribution in [0, 0.1) is 12.8 Å². The second kappa shape index (κ2) is 8.22. The second-order valence-corrected chi connectivity index (χ2v) is 9.24. The normalized spacial score (nSPS) is 18.2. The first kappa shape index (κ1) is 19.3. The number of hydrogen-bond acceptors (Lipinski definition) is 6. The number of amides is 1. The lowest BCUT2D eigenvalue weighted by molar-refractivity contribution is -0.136. The summed E-state index contributed by atoms with van der Waals surface area (Å²) >= 11 is 1.76. The number of rotatable bonds is 3. The number of aromatic nitrogens is 2. The van der Waals surface area contributed by atoms with Gasteiger partial charge in [-0.15, -0.1) is 0 Å². The highest BCUT2D eigenvalue weighted by atomic mass is 32.1. The zero-order valence-electron chi connectivity index (χ0n) is 17.3. The topological polar surface area (TPSA) is 52.6 Å². The van der Waals surface area contributed by atoms with Crippen LogP contribution in [0.4, 0.5) is 10.9 Å². The highest BCUT2D eigenvalue weighted by Crippen LogP contribution is 2.32. The maximum absolute atomic E-state index is 13.1. The van der Waals surface area contributed by atoms with Crippen LogP contribution in [0.2, 0.25) is 0 Å². The molecule has 3 aromatic rings. The Labute approximate surface area is 181 Å². The summed E-state index contributed by atoms with van der Waals surface area (Å²) in [5.41, 5.74) is 2.34. The molecule has 0 radical (unpaired) electrons.